The average molecular weight is 2060 g/mol. The number of rotatable bonds is 18. The van der Waals surface area contributed by atoms with Crippen molar-refractivity contribution in [1.29, 1.82) is 0 Å². The third-order valence-corrected chi connectivity index (χ3v) is 24.5. The van der Waals surface area contributed by atoms with Gasteiger partial charge in [0.2, 0.25) is 0 Å². The number of hydrogen-bond donors (Lipinski definition) is 6. The van der Waals surface area contributed by atoms with Crippen molar-refractivity contribution in [3.05, 3.63) is 210 Å². The number of carbonyl (C=O) groups is 6. The molecule has 0 radical (unpaired) electrons. The van der Waals surface area contributed by atoms with Crippen LogP contribution in [0, 0.1) is 0 Å². The van der Waals surface area contributed by atoms with E-state index in [1.54, 1.807) is 26.0 Å². The highest BCUT2D eigenvalue weighted by Gasteiger charge is 2.26. The van der Waals surface area contributed by atoms with Crippen molar-refractivity contribution in [3.63, 3.8) is 0 Å². The van der Waals surface area contributed by atoms with Gasteiger partial charge in [-0.15, -0.1) is 0 Å². The quantitative estimate of drug-likeness (QED) is 0.0435. The molecule has 0 unspecified atom stereocenters. The molecule has 6 aromatic carbocycles. The van der Waals surface area contributed by atoms with Gasteiger partial charge in [0.15, 0.2) is 5.82 Å². The Kier molecular flexibility index (Phi) is 39.5. The Morgan fingerprint density at radius 2 is 0.578 bits per heavy atom. The first-order valence-corrected chi connectivity index (χ1v) is 49.1. The van der Waals surface area contributed by atoms with Gasteiger partial charge in [-0.3, -0.25) is 31.9 Å². The second-order valence-electron chi connectivity index (χ2n) is 39.3. The molecule has 1 aliphatic rings. The van der Waals surface area contributed by atoms with Crippen LogP contribution in [0.15, 0.2) is 171 Å². The van der Waals surface area contributed by atoms with Crippen LogP contribution >= 0.6 is 59.4 Å². The zero-order chi connectivity index (χ0) is 99.8. The molecule has 0 bridgehead atoms. The lowest BCUT2D eigenvalue weighted by Gasteiger charge is -2.25. The smallest absolute Gasteiger partial charge is 0.413 e. The number of benzene rings is 6. The highest BCUT2D eigenvalue weighted by atomic mass is 79.9. The number of amides is 6. The second kappa shape index (κ2) is 48.7. The van der Waals surface area contributed by atoms with Crippen LogP contribution in [0.5, 0.6) is 0 Å². The number of nitrogens with one attached hydrogen (secondary N) is 6. The van der Waals surface area contributed by atoms with Crippen LogP contribution in [-0.4, -0.2) is 104 Å². The third kappa shape index (κ3) is 33.2. The van der Waals surface area contributed by atoms with Gasteiger partial charge in [0.1, 0.15) is 53.5 Å². The summed E-state index contributed by atoms with van der Waals surface area (Å²) < 4.78 is 33.3. The third-order valence-electron chi connectivity index (χ3n) is 22.4. The summed E-state index contributed by atoms with van der Waals surface area (Å²) in [6.45, 7) is 55.1. The van der Waals surface area contributed by atoms with Crippen molar-refractivity contribution in [2.45, 2.75) is 295 Å². The topological polar surface area (TPSA) is 307 Å². The molecule has 0 spiro atoms. The van der Waals surface area contributed by atoms with E-state index >= 15 is 0 Å². The first-order chi connectivity index (χ1) is 63.3. The highest BCUT2D eigenvalue weighted by Crippen LogP contribution is 2.37. The summed E-state index contributed by atoms with van der Waals surface area (Å²) in [5, 5.41) is 22.6. The predicted molar refractivity (Wildman–Crippen MR) is 563 cm³/mol. The standard InChI is InChI=1S/C19H25BrN2O2.C19H25ClN2O2.C19H26N2O2.C18H22N2O2.2C16H19BrN2O2/c2*1-6-14(7-2)24-18(23)22-17-15(20)10-12-8-9-13(19(3,4)5)11-16(12)21-17;1-6-15(7-2)23-18(22)21-17-11-9-13-8-10-14(19(3,4)5)12-16(13)20-17;1-18(2,3)13-9-7-12-8-10-16(19-15(12)11-13)20-17(21)22-14-5-4-6-14;1-5-21-15(20)19-14-12(17)9-10-8-11(16(2,3)4)6-7-13(10)18-14;1-5-21-15(20)19-14-12(17)8-10-6-7-11(16(2,3)4)9-13(10)18-14/h2*8-11,14H,6-7H2,1-5H3,(H,21,22,23);8-12,15H,6-7H2,1-5H3,(H,20,21,22);7-11,14H,4-6H2,1-3H3,(H,19,20,21);2*6-9H,5H2,1-4H3,(H,18,19,20). The molecule has 24 nitrogen and oxygen atoms in total. The Hall–Kier alpha value is -10.9. The number of fused-ring (bicyclic) bond motifs is 6. The molecule has 13 rings (SSSR count). The van der Waals surface area contributed by atoms with E-state index < -0.39 is 36.6 Å². The number of hydrogen-bond acceptors (Lipinski definition) is 18. The average Bonchev–Trinajstić information content (AvgIpc) is 0.805. The first-order valence-electron chi connectivity index (χ1n) is 46.4. The molecule has 6 N–H and O–H groups in total. The van der Waals surface area contributed by atoms with Crippen LogP contribution in [0.1, 0.15) is 271 Å². The first kappa shape index (κ1) is 109. The molecular weight excluding hydrogens is 1920 g/mol. The molecule has 0 aliphatic heterocycles. The van der Waals surface area contributed by atoms with E-state index in [9.17, 15) is 28.8 Å². The SMILES string of the molecule is CC(C)(C)c1ccc2ccc(NC(=O)OC3CCC3)nc2c1.CCC(CC)OC(=O)Nc1ccc2ccc(C(C)(C)C)cc2n1.CCC(CC)OC(=O)Nc1nc2cc(C(C)(C)C)ccc2cc1Br.CCC(CC)OC(=O)Nc1nc2cc(C(C)(C)C)ccc2cc1Cl.CCOC(=O)Nc1nc2cc(C(C)(C)C)ccc2cc1Br.CCOC(=O)Nc1nc2ccc(C(C)(C)C)cc2cc1Br. The van der Waals surface area contributed by atoms with E-state index in [2.05, 4.69) is 319 Å². The van der Waals surface area contributed by atoms with Gasteiger partial charge in [0.25, 0.3) is 0 Å². The second-order valence-corrected chi connectivity index (χ2v) is 42.3. The molecule has 6 heterocycles. The van der Waals surface area contributed by atoms with Crippen molar-refractivity contribution in [2.24, 2.45) is 0 Å². The number of nitrogens with zero attached hydrogens (tertiary/aromatic N) is 6. The molecule has 6 aromatic heterocycles. The normalized spacial score (nSPS) is 12.3. The maximum absolute atomic E-state index is 12.1. The fourth-order valence-corrected chi connectivity index (χ4v) is 15.1. The van der Waals surface area contributed by atoms with Crippen LogP contribution < -0.4 is 31.9 Å². The fraction of sp³-hybridized carbons (Fsp3) is 0.439. The zero-order valence-corrected chi connectivity index (χ0v) is 88.7. The van der Waals surface area contributed by atoms with Crippen LogP contribution in [-0.2, 0) is 60.9 Å². The number of anilines is 6. The molecule has 28 heteroatoms. The monoisotopic (exact) mass is 2050 g/mol. The van der Waals surface area contributed by atoms with Gasteiger partial charge in [-0.05, 0) is 276 Å². The Morgan fingerprint density at radius 1 is 0.311 bits per heavy atom. The molecule has 0 saturated heterocycles. The van der Waals surface area contributed by atoms with Crippen molar-refractivity contribution >= 4 is 196 Å². The zero-order valence-electron chi connectivity index (χ0n) is 83.2. The van der Waals surface area contributed by atoms with Crippen molar-refractivity contribution in [1.82, 2.24) is 29.9 Å². The molecule has 1 fully saturated rings. The Balaban J connectivity index is 0.000000199. The minimum Gasteiger partial charge on any atom is -0.450 e. The highest BCUT2D eigenvalue weighted by molar-refractivity contribution is 9.11. The summed E-state index contributed by atoms with van der Waals surface area (Å²) in [7, 11) is 0. The van der Waals surface area contributed by atoms with Crippen LogP contribution in [0.3, 0.4) is 0 Å². The van der Waals surface area contributed by atoms with Gasteiger partial charge in [-0.25, -0.2) is 58.7 Å². The number of pyridine rings is 6. The van der Waals surface area contributed by atoms with Gasteiger partial charge in [-0.2, -0.15) is 0 Å². The van der Waals surface area contributed by atoms with Crippen molar-refractivity contribution in [2.75, 3.05) is 45.1 Å². The largest absolute Gasteiger partial charge is 0.450 e. The number of carbonyl (C=O) groups excluding carboxylic acids is 6. The van der Waals surface area contributed by atoms with E-state index in [0.717, 1.165) is 137 Å². The molecular formula is C107H136Br3ClN12O12. The lowest BCUT2D eigenvalue weighted by atomic mass is 9.86. The molecule has 6 amide bonds. The molecule has 724 valence electrons. The molecule has 1 aliphatic carbocycles. The predicted octanol–water partition coefficient (Wildman–Crippen LogP) is 31.6. The number of aromatic nitrogens is 6. The van der Waals surface area contributed by atoms with E-state index in [0.29, 0.717) is 53.1 Å². The van der Waals surface area contributed by atoms with Gasteiger partial charge in [0.05, 0.1) is 64.8 Å². The minimum absolute atomic E-state index is 0.0253. The summed E-state index contributed by atoms with van der Waals surface area (Å²) in [6.07, 6.45) is 4.83. The van der Waals surface area contributed by atoms with Crippen molar-refractivity contribution < 1.29 is 57.2 Å². The van der Waals surface area contributed by atoms with Crippen LogP contribution in [0.4, 0.5) is 63.7 Å². The summed E-state index contributed by atoms with van der Waals surface area (Å²) in [5.41, 5.74) is 12.7. The number of ether oxygens (including phenoxy) is 6. The summed E-state index contributed by atoms with van der Waals surface area (Å²) in [5.74, 6) is 2.77. The Labute approximate surface area is 826 Å². The van der Waals surface area contributed by atoms with Crippen LogP contribution in [0.25, 0.3) is 65.4 Å². The molecule has 0 atom stereocenters. The van der Waals surface area contributed by atoms with E-state index in [1.165, 1.54) is 33.4 Å². The maximum Gasteiger partial charge on any atom is 0.413 e. The Morgan fingerprint density at radius 3 is 0.904 bits per heavy atom. The molecule has 12 aromatic rings. The Bertz CT molecular complexity index is 5990. The summed E-state index contributed by atoms with van der Waals surface area (Å²) in [4.78, 5) is 98.0. The van der Waals surface area contributed by atoms with Gasteiger partial charge >= 0.3 is 36.6 Å². The number of halogens is 4. The van der Waals surface area contributed by atoms with Gasteiger partial charge in [-0.1, -0.05) is 245 Å². The van der Waals surface area contributed by atoms with Crippen molar-refractivity contribution in [3.8, 4) is 0 Å². The molecule has 135 heavy (non-hydrogen) atoms. The van der Waals surface area contributed by atoms with E-state index in [-0.39, 0.29) is 56.9 Å². The summed E-state index contributed by atoms with van der Waals surface area (Å²) >= 11 is 16.6. The van der Waals surface area contributed by atoms with E-state index in [1.807, 2.05) is 102 Å². The van der Waals surface area contributed by atoms with Crippen LogP contribution in [0.2, 0.25) is 5.02 Å². The molecule has 1 saturated carbocycles. The fourth-order valence-electron chi connectivity index (χ4n) is 13.6. The lowest BCUT2D eigenvalue weighted by Crippen LogP contribution is -2.27. The minimum atomic E-state index is -0.524. The van der Waals surface area contributed by atoms with E-state index in [4.69, 9.17) is 40.0 Å². The maximum atomic E-state index is 12.1. The summed E-state index contributed by atoms with van der Waals surface area (Å²) in [6, 6.07) is 52.5. The van der Waals surface area contributed by atoms with Gasteiger partial charge < -0.3 is 28.4 Å². The van der Waals surface area contributed by atoms with Gasteiger partial charge in [0, 0.05) is 32.3 Å². The lowest BCUT2D eigenvalue weighted by molar-refractivity contribution is 0.0623.